The van der Waals surface area contributed by atoms with Crippen LogP contribution in [0.5, 0.6) is 5.75 Å². The lowest BCUT2D eigenvalue weighted by Gasteiger charge is -2.20. The molecule has 3 atom stereocenters. The van der Waals surface area contributed by atoms with Crippen molar-refractivity contribution in [2.45, 2.75) is 32.2 Å². The van der Waals surface area contributed by atoms with Gasteiger partial charge in [-0.25, -0.2) is 0 Å². The summed E-state index contributed by atoms with van der Waals surface area (Å²) >= 11 is 0. The van der Waals surface area contributed by atoms with Crippen LogP contribution in [0.25, 0.3) is 0 Å². The van der Waals surface area contributed by atoms with Crippen LogP contribution in [0.4, 0.5) is 0 Å². The van der Waals surface area contributed by atoms with Crippen LogP contribution in [-0.4, -0.2) is 20.2 Å². The Morgan fingerprint density at radius 2 is 2.18 bits per heavy atom. The number of nitrogens with one attached hydrogen (secondary N) is 1. The maximum Gasteiger partial charge on any atom is 0.119 e. The summed E-state index contributed by atoms with van der Waals surface area (Å²) in [6.07, 6.45) is 3.83. The maximum atomic E-state index is 5.28. The van der Waals surface area contributed by atoms with Gasteiger partial charge in [-0.2, -0.15) is 0 Å². The van der Waals surface area contributed by atoms with Crippen LogP contribution < -0.4 is 10.1 Å². The Morgan fingerprint density at radius 3 is 2.82 bits per heavy atom. The van der Waals surface area contributed by atoms with Gasteiger partial charge in [0, 0.05) is 6.04 Å². The molecule has 17 heavy (non-hydrogen) atoms. The summed E-state index contributed by atoms with van der Waals surface area (Å²) < 4.78 is 5.28. The minimum atomic E-state index is 0.700. The van der Waals surface area contributed by atoms with Crippen molar-refractivity contribution in [2.24, 2.45) is 11.8 Å². The SMILES string of the molecule is CNC1CCC(Cc2cccc(OC)c2)C1C. The molecule has 1 aliphatic rings. The Balaban J connectivity index is 2.01. The second-order valence-corrected chi connectivity index (χ2v) is 5.15. The molecule has 1 saturated carbocycles. The lowest BCUT2D eigenvalue weighted by molar-refractivity contribution is 0.363. The lowest BCUT2D eigenvalue weighted by Crippen LogP contribution is -2.29. The van der Waals surface area contributed by atoms with Crippen molar-refractivity contribution in [1.82, 2.24) is 5.32 Å². The van der Waals surface area contributed by atoms with E-state index in [-0.39, 0.29) is 0 Å². The first-order chi connectivity index (χ1) is 8.24. The summed E-state index contributed by atoms with van der Waals surface area (Å²) in [7, 11) is 3.81. The van der Waals surface area contributed by atoms with E-state index in [0.717, 1.165) is 17.6 Å². The van der Waals surface area contributed by atoms with Crippen LogP contribution >= 0.6 is 0 Å². The van der Waals surface area contributed by atoms with Crippen molar-refractivity contribution in [3.63, 3.8) is 0 Å². The lowest BCUT2D eigenvalue weighted by atomic mass is 9.89. The van der Waals surface area contributed by atoms with Gasteiger partial charge in [0.2, 0.25) is 0 Å². The molecule has 2 rings (SSSR count). The molecule has 1 fully saturated rings. The predicted molar refractivity (Wildman–Crippen MR) is 71.4 cm³/mol. The molecule has 0 radical (unpaired) electrons. The number of rotatable bonds is 4. The summed E-state index contributed by atoms with van der Waals surface area (Å²) in [5.74, 6) is 2.55. The van der Waals surface area contributed by atoms with E-state index in [2.05, 4.69) is 37.5 Å². The largest absolute Gasteiger partial charge is 0.497 e. The molecule has 0 bridgehead atoms. The molecule has 0 aliphatic heterocycles. The topological polar surface area (TPSA) is 21.3 Å². The molecular weight excluding hydrogens is 210 g/mol. The number of methoxy groups -OCH3 is 1. The molecule has 0 aromatic heterocycles. The average molecular weight is 233 g/mol. The first-order valence-electron chi connectivity index (χ1n) is 6.54. The minimum absolute atomic E-state index is 0.700. The van der Waals surface area contributed by atoms with E-state index in [9.17, 15) is 0 Å². The molecule has 2 heteroatoms. The average Bonchev–Trinajstić information content (AvgIpc) is 2.71. The Labute approximate surface area is 104 Å². The molecule has 1 aromatic rings. The molecule has 94 valence electrons. The van der Waals surface area contributed by atoms with Gasteiger partial charge in [-0.1, -0.05) is 19.1 Å². The zero-order chi connectivity index (χ0) is 12.3. The first kappa shape index (κ1) is 12.4. The quantitative estimate of drug-likeness (QED) is 0.863. The van der Waals surface area contributed by atoms with Crippen molar-refractivity contribution in [1.29, 1.82) is 0 Å². The van der Waals surface area contributed by atoms with E-state index in [1.54, 1.807) is 7.11 Å². The molecule has 0 saturated heterocycles. The molecule has 2 nitrogen and oxygen atoms in total. The third kappa shape index (κ3) is 2.81. The third-order valence-electron chi connectivity index (χ3n) is 4.23. The second-order valence-electron chi connectivity index (χ2n) is 5.15. The van der Waals surface area contributed by atoms with Gasteiger partial charge in [0.05, 0.1) is 7.11 Å². The smallest absolute Gasteiger partial charge is 0.119 e. The van der Waals surface area contributed by atoms with Gasteiger partial charge in [-0.3, -0.25) is 0 Å². The number of ether oxygens (including phenoxy) is 1. The summed E-state index contributed by atoms with van der Waals surface area (Å²) in [6, 6.07) is 9.17. The van der Waals surface area contributed by atoms with E-state index in [4.69, 9.17) is 4.74 Å². The highest BCUT2D eigenvalue weighted by Gasteiger charge is 2.31. The molecule has 0 heterocycles. The van der Waals surface area contributed by atoms with Gasteiger partial charge in [0.15, 0.2) is 0 Å². The van der Waals surface area contributed by atoms with Crippen molar-refractivity contribution >= 4 is 0 Å². The molecule has 0 spiro atoms. The van der Waals surface area contributed by atoms with Crippen molar-refractivity contribution < 1.29 is 4.74 Å². The Morgan fingerprint density at radius 1 is 1.35 bits per heavy atom. The van der Waals surface area contributed by atoms with Crippen molar-refractivity contribution in [2.75, 3.05) is 14.2 Å². The highest BCUT2D eigenvalue weighted by Crippen LogP contribution is 2.34. The highest BCUT2D eigenvalue weighted by molar-refractivity contribution is 5.28. The molecule has 1 N–H and O–H groups in total. The molecule has 1 aromatic carbocycles. The maximum absolute atomic E-state index is 5.28. The Bertz CT molecular complexity index is 364. The van der Waals surface area contributed by atoms with Crippen LogP contribution in [-0.2, 0) is 6.42 Å². The summed E-state index contributed by atoms with van der Waals surface area (Å²) in [4.78, 5) is 0. The second kappa shape index (κ2) is 5.54. The number of benzene rings is 1. The first-order valence-corrected chi connectivity index (χ1v) is 6.54. The van der Waals surface area contributed by atoms with Crippen LogP contribution in [0.1, 0.15) is 25.3 Å². The van der Waals surface area contributed by atoms with E-state index in [1.165, 1.54) is 24.8 Å². The van der Waals surface area contributed by atoms with Crippen LogP contribution in [0.2, 0.25) is 0 Å². The Kier molecular flexibility index (Phi) is 4.06. The highest BCUT2D eigenvalue weighted by atomic mass is 16.5. The monoisotopic (exact) mass is 233 g/mol. The van der Waals surface area contributed by atoms with Gasteiger partial charge < -0.3 is 10.1 Å². The Hall–Kier alpha value is -1.02. The molecule has 1 aliphatic carbocycles. The van der Waals surface area contributed by atoms with Gasteiger partial charge in [-0.05, 0) is 55.8 Å². The fraction of sp³-hybridized carbons (Fsp3) is 0.600. The zero-order valence-corrected chi connectivity index (χ0v) is 11.1. The molecular formula is C15H23NO. The summed E-state index contributed by atoms with van der Waals surface area (Å²) in [5.41, 5.74) is 1.40. The fourth-order valence-corrected chi connectivity index (χ4v) is 3.05. The van der Waals surface area contributed by atoms with E-state index in [0.29, 0.717) is 6.04 Å². The van der Waals surface area contributed by atoms with Gasteiger partial charge in [-0.15, -0.1) is 0 Å². The van der Waals surface area contributed by atoms with Crippen molar-refractivity contribution in [3.8, 4) is 5.75 Å². The summed E-state index contributed by atoms with van der Waals surface area (Å²) in [5, 5.41) is 3.43. The van der Waals surface area contributed by atoms with Crippen molar-refractivity contribution in [3.05, 3.63) is 29.8 Å². The van der Waals surface area contributed by atoms with Gasteiger partial charge in [0.25, 0.3) is 0 Å². The molecule has 3 unspecified atom stereocenters. The fourth-order valence-electron chi connectivity index (χ4n) is 3.05. The minimum Gasteiger partial charge on any atom is -0.497 e. The van der Waals surface area contributed by atoms with E-state index < -0.39 is 0 Å². The van der Waals surface area contributed by atoms with Crippen LogP contribution in [0.3, 0.4) is 0 Å². The third-order valence-corrected chi connectivity index (χ3v) is 4.23. The predicted octanol–water partition coefficient (Wildman–Crippen LogP) is 2.87. The zero-order valence-electron chi connectivity index (χ0n) is 11.1. The van der Waals surface area contributed by atoms with Gasteiger partial charge in [0.1, 0.15) is 5.75 Å². The van der Waals surface area contributed by atoms with Crippen LogP contribution in [0, 0.1) is 11.8 Å². The van der Waals surface area contributed by atoms with Gasteiger partial charge >= 0.3 is 0 Å². The molecule has 0 amide bonds. The number of hydrogen-bond acceptors (Lipinski definition) is 2. The standard InChI is InChI=1S/C15H23NO/c1-11-13(7-8-15(11)16-2)9-12-5-4-6-14(10-12)17-3/h4-6,10-11,13,15-16H,7-9H2,1-3H3. The van der Waals surface area contributed by atoms with E-state index in [1.807, 2.05) is 6.07 Å². The summed E-state index contributed by atoms with van der Waals surface area (Å²) in [6.45, 7) is 2.37. The normalized spacial score (nSPS) is 28.3. The van der Waals surface area contributed by atoms with E-state index >= 15 is 0 Å². The number of hydrogen-bond donors (Lipinski definition) is 1. The van der Waals surface area contributed by atoms with Crippen LogP contribution in [0.15, 0.2) is 24.3 Å².